The molecule has 0 amide bonds. The first kappa shape index (κ1) is 11.2. The van der Waals surface area contributed by atoms with Crippen molar-refractivity contribution in [3.63, 3.8) is 0 Å². The van der Waals surface area contributed by atoms with Crippen LogP contribution < -0.4 is 0 Å². The number of hydrogen-bond acceptors (Lipinski definition) is 3. The Kier molecular flexibility index (Phi) is 4.66. The molecule has 0 aliphatic carbocycles. The monoisotopic (exact) mass is 197 g/mol. The zero-order valence-corrected chi connectivity index (χ0v) is 9.25. The van der Waals surface area contributed by atoms with Crippen LogP contribution in [0.15, 0.2) is 10.6 Å². The predicted octanol–water partition coefficient (Wildman–Crippen LogP) is 2.90. The van der Waals surface area contributed by atoms with Crippen LogP contribution in [0, 0.1) is 6.92 Å². The summed E-state index contributed by atoms with van der Waals surface area (Å²) in [6.45, 7) is 7.64. The van der Waals surface area contributed by atoms with Crippen molar-refractivity contribution in [2.45, 2.75) is 39.5 Å². The molecule has 0 atom stereocenters. The number of rotatable bonds is 1. The summed E-state index contributed by atoms with van der Waals surface area (Å²) in [7, 11) is 0. The SMILES string of the molecule is CC.Cc1cc(C2CCOCC2)no1. The van der Waals surface area contributed by atoms with Gasteiger partial charge < -0.3 is 9.26 Å². The second kappa shape index (κ2) is 5.81. The molecule has 1 fully saturated rings. The van der Waals surface area contributed by atoms with Gasteiger partial charge in [0.25, 0.3) is 0 Å². The summed E-state index contributed by atoms with van der Waals surface area (Å²) in [5.41, 5.74) is 1.09. The van der Waals surface area contributed by atoms with Crippen LogP contribution in [0.25, 0.3) is 0 Å². The molecule has 1 aromatic rings. The number of nitrogens with zero attached hydrogens (tertiary/aromatic N) is 1. The molecule has 0 unspecified atom stereocenters. The predicted molar refractivity (Wildman–Crippen MR) is 55.4 cm³/mol. The van der Waals surface area contributed by atoms with Crippen molar-refractivity contribution in [1.82, 2.24) is 5.16 Å². The van der Waals surface area contributed by atoms with Gasteiger partial charge in [-0.25, -0.2) is 0 Å². The molecular formula is C11H19NO2. The van der Waals surface area contributed by atoms with Gasteiger partial charge in [0, 0.05) is 25.2 Å². The normalized spacial score (nSPS) is 17.4. The van der Waals surface area contributed by atoms with Crippen molar-refractivity contribution in [3.8, 4) is 0 Å². The van der Waals surface area contributed by atoms with E-state index in [4.69, 9.17) is 9.26 Å². The van der Waals surface area contributed by atoms with E-state index in [1.54, 1.807) is 0 Å². The maximum atomic E-state index is 5.27. The van der Waals surface area contributed by atoms with Crippen LogP contribution in [-0.4, -0.2) is 18.4 Å². The lowest BCUT2D eigenvalue weighted by Crippen LogP contribution is -2.14. The molecule has 14 heavy (non-hydrogen) atoms. The van der Waals surface area contributed by atoms with Crippen LogP contribution in [0.1, 0.15) is 44.1 Å². The van der Waals surface area contributed by atoms with Gasteiger partial charge in [-0.3, -0.25) is 0 Å². The van der Waals surface area contributed by atoms with Gasteiger partial charge in [-0.15, -0.1) is 0 Å². The number of hydrogen-bond donors (Lipinski definition) is 0. The molecule has 3 nitrogen and oxygen atoms in total. The minimum Gasteiger partial charge on any atom is -0.381 e. The molecule has 0 bridgehead atoms. The third-order valence-electron chi connectivity index (χ3n) is 2.29. The fourth-order valence-corrected chi connectivity index (χ4v) is 1.57. The Balaban J connectivity index is 0.000000461. The Morgan fingerprint density at radius 3 is 2.43 bits per heavy atom. The summed E-state index contributed by atoms with van der Waals surface area (Å²) in [6.07, 6.45) is 2.15. The molecule has 1 aliphatic rings. The first-order valence-electron chi connectivity index (χ1n) is 5.37. The lowest BCUT2D eigenvalue weighted by atomic mass is 9.97. The Labute approximate surface area is 85.4 Å². The minimum absolute atomic E-state index is 0.552. The molecular weight excluding hydrogens is 178 g/mol. The zero-order valence-electron chi connectivity index (χ0n) is 9.25. The second-order valence-corrected chi connectivity index (χ2v) is 3.25. The Bertz CT molecular complexity index is 252. The first-order chi connectivity index (χ1) is 6.86. The molecule has 3 heteroatoms. The summed E-state index contributed by atoms with van der Waals surface area (Å²) < 4.78 is 10.3. The van der Waals surface area contributed by atoms with E-state index in [0.717, 1.165) is 37.5 Å². The van der Waals surface area contributed by atoms with E-state index in [1.807, 2.05) is 26.8 Å². The van der Waals surface area contributed by atoms with Crippen LogP contribution >= 0.6 is 0 Å². The van der Waals surface area contributed by atoms with Gasteiger partial charge in [0.05, 0.1) is 5.69 Å². The molecule has 0 saturated carbocycles. The van der Waals surface area contributed by atoms with Gasteiger partial charge in [-0.1, -0.05) is 19.0 Å². The number of aromatic nitrogens is 1. The fourth-order valence-electron chi connectivity index (χ4n) is 1.57. The third kappa shape index (κ3) is 2.84. The van der Waals surface area contributed by atoms with Crippen LogP contribution in [0.4, 0.5) is 0 Å². The van der Waals surface area contributed by atoms with E-state index in [2.05, 4.69) is 5.16 Å². The van der Waals surface area contributed by atoms with E-state index in [9.17, 15) is 0 Å². The largest absolute Gasteiger partial charge is 0.381 e. The van der Waals surface area contributed by atoms with Gasteiger partial charge in [-0.05, 0) is 19.8 Å². The average Bonchev–Trinajstić information content (AvgIpc) is 2.69. The molecule has 0 spiro atoms. The number of ether oxygens (including phenoxy) is 1. The standard InChI is InChI=1S/C9H13NO2.C2H6/c1-7-6-9(10-12-7)8-2-4-11-5-3-8;1-2/h6,8H,2-5H2,1H3;1-2H3. The van der Waals surface area contributed by atoms with Gasteiger partial charge >= 0.3 is 0 Å². The quantitative estimate of drug-likeness (QED) is 0.694. The van der Waals surface area contributed by atoms with E-state index in [-0.39, 0.29) is 0 Å². The van der Waals surface area contributed by atoms with Crippen molar-refractivity contribution in [3.05, 3.63) is 17.5 Å². The van der Waals surface area contributed by atoms with Gasteiger partial charge in [-0.2, -0.15) is 0 Å². The first-order valence-corrected chi connectivity index (χ1v) is 5.37. The smallest absolute Gasteiger partial charge is 0.133 e. The fraction of sp³-hybridized carbons (Fsp3) is 0.727. The summed E-state index contributed by atoms with van der Waals surface area (Å²) in [4.78, 5) is 0. The van der Waals surface area contributed by atoms with Gasteiger partial charge in [0.1, 0.15) is 5.76 Å². The molecule has 0 aromatic carbocycles. The molecule has 1 saturated heterocycles. The second-order valence-electron chi connectivity index (χ2n) is 3.25. The topological polar surface area (TPSA) is 35.3 Å². The molecule has 0 radical (unpaired) electrons. The summed E-state index contributed by atoms with van der Waals surface area (Å²) >= 11 is 0. The Hall–Kier alpha value is -0.830. The van der Waals surface area contributed by atoms with Crippen LogP contribution in [-0.2, 0) is 4.74 Å². The summed E-state index contributed by atoms with van der Waals surface area (Å²) in [5, 5.41) is 4.01. The third-order valence-corrected chi connectivity index (χ3v) is 2.29. The van der Waals surface area contributed by atoms with Crippen LogP contribution in [0.5, 0.6) is 0 Å². The average molecular weight is 197 g/mol. The Morgan fingerprint density at radius 1 is 1.29 bits per heavy atom. The van der Waals surface area contributed by atoms with E-state index < -0.39 is 0 Å². The van der Waals surface area contributed by atoms with Gasteiger partial charge in [0.2, 0.25) is 0 Å². The molecule has 2 heterocycles. The molecule has 1 aromatic heterocycles. The summed E-state index contributed by atoms with van der Waals surface area (Å²) in [6, 6.07) is 2.02. The van der Waals surface area contributed by atoms with E-state index in [1.165, 1.54) is 0 Å². The van der Waals surface area contributed by atoms with Gasteiger partial charge in [0.15, 0.2) is 0 Å². The molecule has 80 valence electrons. The van der Waals surface area contributed by atoms with E-state index >= 15 is 0 Å². The molecule has 2 rings (SSSR count). The maximum absolute atomic E-state index is 5.27. The lowest BCUT2D eigenvalue weighted by Gasteiger charge is -2.19. The van der Waals surface area contributed by atoms with Crippen molar-refractivity contribution in [2.75, 3.05) is 13.2 Å². The van der Waals surface area contributed by atoms with Crippen molar-refractivity contribution >= 4 is 0 Å². The van der Waals surface area contributed by atoms with Crippen molar-refractivity contribution in [1.29, 1.82) is 0 Å². The van der Waals surface area contributed by atoms with Crippen molar-refractivity contribution in [2.24, 2.45) is 0 Å². The Morgan fingerprint density at radius 2 is 1.93 bits per heavy atom. The lowest BCUT2D eigenvalue weighted by molar-refractivity contribution is 0.0838. The zero-order chi connectivity index (χ0) is 10.4. The molecule has 1 aliphatic heterocycles. The highest BCUT2D eigenvalue weighted by Crippen LogP contribution is 2.25. The van der Waals surface area contributed by atoms with Crippen molar-refractivity contribution < 1.29 is 9.26 Å². The summed E-state index contributed by atoms with van der Waals surface area (Å²) in [5.74, 6) is 1.45. The van der Waals surface area contributed by atoms with Crippen LogP contribution in [0.3, 0.4) is 0 Å². The highest BCUT2D eigenvalue weighted by molar-refractivity contribution is 5.09. The van der Waals surface area contributed by atoms with E-state index in [0.29, 0.717) is 5.92 Å². The molecule has 0 N–H and O–H groups in total. The van der Waals surface area contributed by atoms with Crippen LogP contribution in [0.2, 0.25) is 0 Å². The highest BCUT2D eigenvalue weighted by atomic mass is 16.5. The maximum Gasteiger partial charge on any atom is 0.133 e. The number of aryl methyl sites for hydroxylation is 1. The highest BCUT2D eigenvalue weighted by Gasteiger charge is 2.18. The minimum atomic E-state index is 0.552.